The fraction of sp³-hybridized carbons (Fsp3) is 0.538. The van der Waals surface area contributed by atoms with E-state index in [0.717, 1.165) is 67.5 Å². The molecule has 0 amide bonds. The number of hydrogen-bond acceptors (Lipinski definition) is 6. The molecule has 6 heteroatoms. The van der Waals surface area contributed by atoms with Crippen molar-refractivity contribution < 1.29 is 28.4 Å². The molecule has 314 valence electrons. The summed E-state index contributed by atoms with van der Waals surface area (Å²) in [6.45, 7) is 30.2. The van der Waals surface area contributed by atoms with Crippen LogP contribution in [0.1, 0.15) is 150 Å². The second kappa shape index (κ2) is 16.9. The van der Waals surface area contributed by atoms with E-state index in [9.17, 15) is 0 Å². The first-order valence-corrected chi connectivity index (χ1v) is 21.3. The Balaban J connectivity index is 1.78. The first kappa shape index (κ1) is 43.6. The fourth-order valence-electron chi connectivity index (χ4n) is 8.24. The summed E-state index contributed by atoms with van der Waals surface area (Å²) in [5, 5.41) is 0. The first-order valence-electron chi connectivity index (χ1n) is 21.3. The average Bonchev–Trinajstić information content (AvgIpc) is 3.11. The molecule has 6 nitrogen and oxygen atoms in total. The zero-order valence-electron chi connectivity index (χ0n) is 38.1. The highest BCUT2D eigenvalue weighted by Crippen LogP contribution is 2.44. The molecule has 0 radical (unpaired) electrons. The van der Waals surface area contributed by atoms with Crippen LogP contribution in [0.15, 0.2) is 48.5 Å². The predicted octanol–water partition coefficient (Wildman–Crippen LogP) is 11.4. The van der Waals surface area contributed by atoms with Crippen molar-refractivity contribution in [3.63, 3.8) is 0 Å². The van der Waals surface area contributed by atoms with E-state index in [1.165, 1.54) is 22.3 Å². The zero-order chi connectivity index (χ0) is 42.2. The van der Waals surface area contributed by atoms with E-state index >= 15 is 0 Å². The van der Waals surface area contributed by atoms with Crippen molar-refractivity contribution in [3.8, 4) is 23.0 Å². The minimum Gasteiger partial charge on any atom is -0.496 e. The van der Waals surface area contributed by atoms with Crippen molar-refractivity contribution in [2.24, 2.45) is 0 Å². The molecule has 0 saturated carbocycles. The van der Waals surface area contributed by atoms with Gasteiger partial charge in [-0.15, -0.1) is 0 Å². The van der Waals surface area contributed by atoms with Gasteiger partial charge in [0.1, 0.15) is 36.2 Å². The number of hydrogen-bond donors (Lipinski definition) is 0. The highest BCUT2D eigenvalue weighted by atomic mass is 16.6. The number of methoxy groups -OCH3 is 2. The van der Waals surface area contributed by atoms with Gasteiger partial charge in [-0.2, -0.15) is 0 Å². The number of rotatable bonds is 2. The van der Waals surface area contributed by atoms with E-state index < -0.39 is 0 Å². The molecule has 0 unspecified atom stereocenters. The van der Waals surface area contributed by atoms with Gasteiger partial charge >= 0.3 is 0 Å². The average molecular weight is 791 g/mol. The Bertz CT molecular complexity index is 1850. The minimum atomic E-state index is -0.104. The molecule has 0 N–H and O–H groups in total. The highest BCUT2D eigenvalue weighted by Gasteiger charge is 2.29. The summed E-state index contributed by atoms with van der Waals surface area (Å²) >= 11 is 0. The fourth-order valence-corrected chi connectivity index (χ4v) is 8.24. The molecule has 0 atom stereocenters. The molecule has 0 fully saturated rings. The lowest BCUT2D eigenvalue weighted by atomic mass is 9.79. The summed E-state index contributed by atoms with van der Waals surface area (Å²) in [6, 6.07) is 18.9. The quantitative estimate of drug-likeness (QED) is 0.178. The van der Waals surface area contributed by atoms with Gasteiger partial charge < -0.3 is 28.4 Å². The maximum atomic E-state index is 6.91. The van der Waals surface area contributed by atoms with Gasteiger partial charge in [0.25, 0.3) is 0 Å². The van der Waals surface area contributed by atoms with Crippen LogP contribution in [-0.2, 0) is 56.8 Å². The first-order chi connectivity index (χ1) is 27.2. The smallest absolute Gasteiger partial charge is 0.126 e. The van der Waals surface area contributed by atoms with Gasteiger partial charge in [0.15, 0.2) is 0 Å². The third-order valence-corrected chi connectivity index (χ3v) is 11.7. The molecule has 4 aromatic rings. The molecule has 4 aromatic carbocycles. The molecule has 0 aromatic heterocycles. The Morgan fingerprint density at radius 2 is 0.569 bits per heavy atom. The normalized spacial score (nSPS) is 15.9. The molecule has 10 bridgehead atoms. The van der Waals surface area contributed by atoms with Crippen molar-refractivity contribution >= 4 is 0 Å². The van der Waals surface area contributed by atoms with Crippen LogP contribution in [0.4, 0.5) is 0 Å². The maximum Gasteiger partial charge on any atom is 0.126 e. The standard InChI is InChI=1S/C52H70O6/c1-49(2,3)41-25-33-21-37-29-43(51(7,8)9)31-39-23-35-27-42(50(4,5)6)28-36(46(35)54-14)24-40-32-44(52(10,11)12)30-38(22-34(26-41)45(33)53-13)48(40)58-20-18-56-16-15-55-17-19-57-47(37)39/h25-32H,15-24H2,1-14H3. The lowest BCUT2D eigenvalue weighted by Gasteiger charge is -2.29. The lowest BCUT2D eigenvalue weighted by molar-refractivity contribution is 0.0270. The summed E-state index contributed by atoms with van der Waals surface area (Å²) in [5.41, 5.74) is 13.8. The van der Waals surface area contributed by atoms with Crippen LogP contribution < -0.4 is 18.9 Å². The molecule has 6 rings (SSSR count). The van der Waals surface area contributed by atoms with Crippen LogP contribution >= 0.6 is 0 Å². The summed E-state index contributed by atoms with van der Waals surface area (Å²) in [4.78, 5) is 0. The summed E-state index contributed by atoms with van der Waals surface area (Å²) in [5.74, 6) is 3.63. The van der Waals surface area contributed by atoms with E-state index in [-0.39, 0.29) is 21.7 Å². The van der Waals surface area contributed by atoms with E-state index in [2.05, 4.69) is 132 Å². The Hall–Kier alpha value is -4.00. The van der Waals surface area contributed by atoms with Crippen LogP contribution in [0.5, 0.6) is 23.0 Å². The van der Waals surface area contributed by atoms with Crippen LogP contribution in [0, 0.1) is 0 Å². The maximum absolute atomic E-state index is 6.91. The Labute approximate surface area is 349 Å². The Morgan fingerprint density at radius 3 is 0.793 bits per heavy atom. The van der Waals surface area contributed by atoms with Gasteiger partial charge in [-0.05, 0) is 88.4 Å². The Morgan fingerprint density at radius 1 is 0.345 bits per heavy atom. The molecule has 2 aliphatic rings. The number of fused-ring (bicyclic) bond motifs is 2. The second-order valence-electron chi connectivity index (χ2n) is 20.5. The van der Waals surface area contributed by atoms with Gasteiger partial charge in [-0.3, -0.25) is 0 Å². The SMILES string of the molecule is COc1c2cc(C(C)(C)C)cc1Cc1cc(C(C)(C)C)cc3c1OCCOCCOCCOc1c(cc(C(C)(C)C)cc1Cc1cc(C(C)(C)C)cc(c1OC)C3)C2. The van der Waals surface area contributed by atoms with Crippen molar-refractivity contribution in [2.45, 2.75) is 130 Å². The zero-order valence-corrected chi connectivity index (χ0v) is 38.1. The molecule has 0 spiro atoms. The molecular formula is C52H70O6. The molecule has 0 saturated heterocycles. The van der Waals surface area contributed by atoms with Crippen LogP contribution in [-0.4, -0.2) is 53.9 Å². The Kier molecular flexibility index (Phi) is 12.7. The van der Waals surface area contributed by atoms with Gasteiger partial charge in [0.2, 0.25) is 0 Å². The summed E-state index contributed by atoms with van der Waals surface area (Å²) in [7, 11) is 3.63. The third kappa shape index (κ3) is 9.88. The second-order valence-corrected chi connectivity index (χ2v) is 20.5. The minimum absolute atomic E-state index is 0.0971. The third-order valence-electron chi connectivity index (χ3n) is 11.7. The topological polar surface area (TPSA) is 55.4 Å². The number of ether oxygens (including phenoxy) is 6. The van der Waals surface area contributed by atoms with Gasteiger partial charge in [0.05, 0.1) is 40.6 Å². The molecule has 1 aliphatic carbocycles. The van der Waals surface area contributed by atoms with E-state index in [1.807, 2.05) is 14.2 Å². The monoisotopic (exact) mass is 791 g/mol. The lowest BCUT2D eigenvalue weighted by Crippen LogP contribution is -2.18. The highest BCUT2D eigenvalue weighted by molar-refractivity contribution is 5.60. The van der Waals surface area contributed by atoms with E-state index in [1.54, 1.807) is 0 Å². The molecule has 58 heavy (non-hydrogen) atoms. The van der Waals surface area contributed by atoms with Gasteiger partial charge in [-0.25, -0.2) is 0 Å². The van der Waals surface area contributed by atoms with Crippen molar-refractivity contribution in [1.82, 2.24) is 0 Å². The summed E-state index contributed by atoms with van der Waals surface area (Å²) < 4.78 is 38.9. The van der Waals surface area contributed by atoms with Gasteiger partial charge in [0, 0.05) is 25.7 Å². The summed E-state index contributed by atoms with van der Waals surface area (Å²) in [6.07, 6.45) is 2.56. The van der Waals surface area contributed by atoms with Gasteiger partial charge in [-0.1, -0.05) is 132 Å². The molecular weight excluding hydrogens is 721 g/mol. The molecule has 1 heterocycles. The van der Waals surface area contributed by atoms with E-state index in [0.29, 0.717) is 65.3 Å². The van der Waals surface area contributed by atoms with Crippen molar-refractivity contribution in [2.75, 3.05) is 53.9 Å². The van der Waals surface area contributed by atoms with E-state index in [4.69, 9.17) is 28.4 Å². The number of benzene rings is 4. The van der Waals surface area contributed by atoms with Crippen LogP contribution in [0.25, 0.3) is 0 Å². The van der Waals surface area contributed by atoms with Crippen LogP contribution in [0.3, 0.4) is 0 Å². The predicted molar refractivity (Wildman–Crippen MR) is 238 cm³/mol. The van der Waals surface area contributed by atoms with Crippen molar-refractivity contribution in [3.05, 3.63) is 115 Å². The van der Waals surface area contributed by atoms with Crippen molar-refractivity contribution in [1.29, 1.82) is 0 Å². The van der Waals surface area contributed by atoms with Crippen LogP contribution in [0.2, 0.25) is 0 Å². The molecule has 1 aliphatic heterocycles. The largest absolute Gasteiger partial charge is 0.496 e.